The second-order valence-corrected chi connectivity index (χ2v) is 7.81. The van der Waals surface area contributed by atoms with Crippen LogP contribution in [0, 0.1) is 5.92 Å². The van der Waals surface area contributed by atoms with Crippen molar-refractivity contribution in [3.63, 3.8) is 0 Å². The van der Waals surface area contributed by atoms with Crippen molar-refractivity contribution < 1.29 is 14.6 Å². The number of carbonyl (C=O) groups excluding carboxylic acids is 1. The molecule has 4 heteroatoms. The van der Waals surface area contributed by atoms with Gasteiger partial charge >= 0.3 is 0 Å². The van der Waals surface area contributed by atoms with Crippen molar-refractivity contribution in [3.8, 4) is 11.5 Å². The van der Waals surface area contributed by atoms with E-state index >= 15 is 0 Å². The molecule has 0 aromatic heterocycles. The minimum absolute atomic E-state index is 0.128. The van der Waals surface area contributed by atoms with Gasteiger partial charge in [0.15, 0.2) is 0 Å². The highest BCUT2D eigenvalue weighted by molar-refractivity contribution is 5.82. The van der Waals surface area contributed by atoms with Gasteiger partial charge in [0.2, 0.25) is 0 Å². The standard InChI is InChI=1S/C21H31NO3/c1-4-5-6-7-13(2)25-16-11-19-21(20(24)12-16)18-10-15(23)8-9-17(18)14(3)22-19/h11-14,17-18,22,24H,4-10H2,1-3H3/t13?,14-,17?,18?/m0/s1. The quantitative estimate of drug-likeness (QED) is 0.712. The number of nitrogens with one attached hydrogen (secondary N) is 1. The molecule has 0 spiro atoms. The normalized spacial score (nSPS) is 26.4. The fraction of sp³-hybridized carbons (Fsp3) is 0.667. The third kappa shape index (κ3) is 3.94. The molecule has 2 N–H and O–H groups in total. The van der Waals surface area contributed by atoms with Crippen LogP contribution in [0.3, 0.4) is 0 Å². The number of benzene rings is 1. The molecule has 3 unspecified atom stereocenters. The number of ether oxygens (including phenoxy) is 1. The van der Waals surface area contributed by atoms with Crippen molar-refractivity contribution in [1.29, 1.82) is 0 Å². The molecule has 2 aliphatic rings. The van der Waals surface area contributed by atoms with Crippen LogP contribution in [0.5, 0.6) is 11.5 Å². The molecular formula is C21H31NO3. The summed E-state index contributed by atoms with van der Waals surface area (Å²) in [6, 6.07) is 4.03. The van der Waals surface area contributed by atoms with Crippen LogP contribution < -0.4 is 10.1 Å². The lowest BCUT2D eigenvalue weighted by atomic mass is 9.69. The molecule has 1 heterocycles. The highest BCUT2D eigenvalue weighted by Crippen LogP contribution is 2.50. The Labute approximate surface area is 151 Å². The first-order chi connectivity index (χ1) is 12.0. The molecule has 1 saturated carbocycles. The summed E-state index contributed by atoms with van der Waals surface area (Å²) >= 11 is 0. The largest absolute Gasteiger partial charge is 0.507 e. The number of fused-ring (bicyclic) bond motifs is 3. The second kappa shape index (κ2) is 7.67. The summed E-state index contributed by atoms with van der Waals surface area (Å²) in [4.78, 5) is 12.0. The van der Waals surface area contributed by atoms with Gasteiger partial charge in [-0.25, -0.2) is 0 Å². The van der Waals surface area contributed by atoms with Gasteiger partial charge in [-0.1, -0.05) is 19.8 Å². The highest BCUT2D eigenvalue weighted by Gasteiger charge is 2.40. The maximum absolute atomic E-state index is 12.0. The number of ketones is 1. The fourth-order valence-corrected chi connectivity index (χ4v) is 4.46. The Morgan fingerprint density at radius 2 is 2.16 bits per heavy atom. The molecule has 3 rings (SSSR count). The smallest absolute Gasteiger partial charge is 0.133 e. The first-order valence-corrected chi connectivity index (χ1v) is 9.81. The molecule has 1 fully saturated rings. The van der Waals surface area contributed by atoms with E-state index in [0.717, 1.165) is 30.5 Å². The molecular weight excluding hydrogens is 314 g/mol. The van der Waals surface area contributed by atoms with Crippen molar-refractivity contribution in [2.75, 3.05) is 5.32 Å². The minimum atomic E-state index is 0.128. The Hall–Kier alpha value is -1.71. The predicted molar refractivity (Wildman–Crippen MR) is 101 cm³/mol. The van der Waals surface area contributed by atoms with Gasteiger partial charge in [-0.15, -0.1) is 0 Å². The van der Waals surface area contributed by atoms with E-state index in [4.69, 9.17) is 4.74 Å². The molecule has 1 aromatic rings. The maximum atomic E-state index is 12.0. The van der Waals surface area contributed by atoms with Gasteiger partial charge in [0.1, 0.15) is 17.3 Å². The van der Waals surface area contributed by atoms with E-state index in [0.29, 0.717) is 36.3 Å². The van der Waals surface area contributed by atoms with Crippen molar-refractivity contribution in [2.24, 2.45) is 5.92 Å². The van der Waals surface area contributed by atoms with E-state index in [1.165, 1.54) is 12.8 Å². The first kappa shape index (κ1) is 18.1. The second-order valence-electron chi connectivity index (χ2n) is 7.81. The van der Waals surface area contributed by atoms with Crippen molar-refractivity contribution >= 4 is 11.5 Å². The molecule has 0 amide bonds. The summed E-state index contributed by atoms with van der Waals surface area (Å²) in [6.45, 7) is 6.45. The zero-order chi connectivity index (χ0) is 18.0. The van der Waals surface area contributed by atoms with Crippen LogP contribution in [0.1, 0.15) is 77.2 Å². The Morgan fingerprint density at radius 3 is 2.92 bits per heavy atom. The van der Waals surface area contributed by atoms with Crippen LogP contribution in [0.25, 0.3) is 0 Å². The zero-order valence-corrected chi connectivity index (χ0v) is 15.7. The van der Waals surface area contributed by atoms with Crippen LogP contribution in [-0.2, 0) is 4.79 Å². The Balaban J connectivity index is 1.79. The molecule has 4 atom stereocenters. The van der Waals surface area contributed by atoms with Gasteiger partial charge < -0.3 is 15.2 Å². The zero-order valence-electron chi connectivity index (χ0n) is 15.7. The van der Waals surface area contributed by atoms with E-state index in [9.17, 15) is 9.90 Å². The summed E-state index contributed by atoms with van der Waals surface area (Å²) in [5, 5.41) is 14.2. The van der Waals surface area contributed by atoms with E-state index in [2.05, 4.69) is 26.1 Å². The summed E-state index contributed by atoms with van der Waals surface area (Å²) < 4.78 is 6.03. The molecule has 0 radical (unpaired) electrons. The number of phenols is 1. The number of phenolic OH excluding ortho intramolecular Hbond substituents is 1. The molecule has 0 bridgehead atoms. The van der Waals surface area contributed by atoms with Crippen LogP contribution in [0.2, 0.25) is 0 Å². The third-order valence-corrected chi connectivity index (χ3v) is 5.80. The number of aromatic hydroxyl groups is 1. The number of carbonyl (C=O) groups is 1. The molecule has 1 aromatic carbocycles. The van der Waals surface area contributed by atoms with Crippen molar-refractivity contribution in [3.05, 3.63) is 17.7 Å². The van der Waals surface area contributed by atoms with E-state index in [-0.39, 0.29) is 17.8 Å². The van der Waals surface area contributed by atoms with Crippen LogP contribution in [0.4, 0.5) is 5.69 Å². The molecule has 1 aliphatic carbocycles. The lowest BCUT2D eigenvalue weighted by Crippen LogP contribution is -2.39. The average Bonchev–Trinajstić information content (AvgIpc) is 2.54. The van der Waals surface area contributed by atoms with Crippen LogP contribution in [0.15, 0.2) is 12.1 Å². The van der Waals surface area contributed by atoms with Crippen molar-refractivity contribution in [1.82, 2.24) is 0 Å². The molecule has 138 valence electrons. The Bertz CT molecular complexity index is 628. The maximum Gasteiger partial charge on any atom is 0.133 e. The predicted octanol–water partition coefficient (Wildman–Crippen LogP) is 5.01. The summed E-state index contributed by atoms with van der Waals surface area (Å²) in [5.41, 5.74) is 1.83. The average molecular weight is 345 g/mol. The molecule has 0 saturated heterocycles. The van der Waals surface area contributed by atoms with Gasteiger partial charge in [0, 0.05) is 48.2 Å². The first-order valence-electron chi connectivity index (χ1n) is 9.81. The Morgan fingerprint density at radius 1 is 1.36 bits per heavy atom. The number of anilines is 1. The summed E-state index contributed by atoms with van der Waals surface area (Å²) in [5.74, 6) is 1.82. The van der Waals surface area contributed by atoms with Gasteiger partial charge in [0.05, 0.1) is 6.10 Å². The van der Waals surface area contributed by atoms with Gasteiger partial charge in [-0.3, -0.25) is 4.79 Å². The number of rotatable bonds is 6. The SMILES string of the molecule is CCCCCC(C)Oc1cc(O)c2c(c1)N[C@@H](C)C1CCC(=O)CC21. The van der Waals surface area contributed by atoms with E-state index < -0.39 is 0 Å². The molecule has 1 aliphatic heterocycles. The summed E-state index contributed by atoms with van der Waals surface area (Å²) in [6.07, 6.45) is 6.86. The lowest BCUT2D eigenvalue weighted by molar-refractivity contribution is -0.121. The monoisotopic (exact) mass is 345 g/mol. The number of Topliss-reactive ketones (excluding diaryl/α,β-unsaturated/α-hetero) is 1. The number of unbranched alkanes of at least 4 members (excludes halogenated alkanes) is 2. The summed E-state index contributed by atoms with van der Waals surface area (Å²) in [7, 11) is 0. The fourth-order valence-electron chi connectivity index (χ4n) is 4.46. The number of hydrogen-bond acceptors (Lipinski definition) is 4. The highest BCUT2D eigenvalue weighted by atomic mass is 16.5. The van der Waals surface area contributed by atoms with Crippen LogP contribution >= 0.6 is 0 Å². The topological polar surface area (TPSA) is 58.6 Å². The molecule has 4 nitrogen and oxygen atoms in total. The van der Waals surface area contributed by atoms with Crippen LogP contribution in [-0.4, -0.2) is 23.0 Å². The molecule has 25 heavy (non-hydrogen) atoms. The van der Waals surface area contributed by atoms with E-state index in [1.54, 1.807) is 6.07 Å². The van der Waals surface area contributed by atoms with Crippen molar-refractivity contribution in [2.45, 2.75) is 83.8 Å². The Kier molecular flexibility index (Phi) is 5.55. The van der Waals surface area contributed by atoms with E-state index in [1.807, 2.05) is 6.07 Å². The third-order valence-electron chi connectivity index (χ3n) is 5.80. The van der Waals surface area contributed by atoms with Gasteiger partial charge in [0.25, 0.3) is 0 Å². The number of hydrogen-bond donors (Lipinski definition) is 2. The van der Waals surface area contributed by atoms with Gasteiger partial charge in [-0.05, 0) is 39.0 Å². The van der Waals surface area contributed by atoms with Gasteiger partial charge in [-0.2, -0.15) is 0 Å². The minimum Gasteiger partial charge on any atom is -0.507 e. The lowest BCUT2D eigenvalue weighted by Gasteiger charge is -2.42.